The van der Waals surface area contributed by atoms with Gasteiger partial charge in [-0.1, -0.05) is 17.7 Å². The normalized spacial score (nSPS) is 30.9. The first-order valence-electron chi connectivity index (χ1n) is 7.02. The van der Waals surface area contributed by atoms with E-state index in [2.05, 4.69) is 0 Å². The number of aryl methyl sites for hydroxylation is 1. The van der Waals surface area contributed by atoms with Crippen molar-refractivity contribution >= 4 is 10.1 Å². The van der Waals surface area contributed by atoms with Gasteiger partial charge in [0.15, 0.2) is 0 Å². The number of hydrogen-bond acceptors (Lipinski definition) is 3. The summed E-state index contributed by atoms with van der Waals surface area (Å²) in [7, 11) is -4.02. The van der Waals surface area contributed by atoms with Gasteiger partial charge in [0, 0.05) is 6.61 Å². The van der Waals surface area contributed by atoms with E-state index in [0.29, 0.717) is 19.3 Å². The third-order valence-electron chi connectivity index (χ3n) is 4.55. The Labute approximate surface area is 124 Å². The first-order valence-corrected chi connectivity index (χ1v) is 8.46. The molecule has 0 radical (unpaired) electrons. The zero-order valence-electron chi connectivity index (χ0n) is 12.0. The van der Waals surface area contributed by atoms with Crippen LogP contribution in [0.25, 0.3) is 0 Å². The Bertz CT molecular complexity index is 587. The molecule has 0 aliphatic heterocycles. The summed E-state index contributed by atoms with van der Waals surface area (Å²) in [5.41, 5.74) is 0.0645. The third kappa shape index (κ3) is 3.81. The quantitative estimate of drug-likeness (QED) is 0.823. The molecule has 1 aromatic carbocycles. The zero-order chi connectivity index (χ0) is 15.7. The third-order valence-corrected chi connectivity index (χ3v) is 5.42. The molecule has 1 aromatic rings. The summed E-state index contributed by atoms with van der Waals surface area (Å²) < 4.78 is 43.0. The fourth-order valence-electron chi connectivity index (χ4n) is 3.18. The standard InChI is InChI=1S/C8H13FO.C7H8O3S/c9-8-3-1-7(5-8,6-10)2-4-8;1-6-2-4-7(5-3-6)11(8,9)10/h10H,1-6H2;2-5H,1H3,(H,8,9,10). The molecule has 0 amide bonds. The van der Waals surface area contributed by atoms with Crippen molar-refractivity contribution < 1.29 is 22.5 Å². The fraction of sp³-hybridized carbons (Fsp3) is 0.600. The molecule has 6 heteroatoms. The number of aliphatic hydroxyl groups excluding tert-OH is 1. The topological polar surface area (TPSA) is 74.6 Å². The minimum absolute atomic E-state index is 0.00521. The number of alkyl halides is 1. The Kier molecular flexibility index (Phi) is 4.42. The second kappa shape index (κ2) is 5.66. The van der Waals surface area contributed by atoms with Crippen LogP contribution < -0.4 is 0 Å². The van der Waals surface area contributed by atoms with Gasteiger partial charge >= 0.3 is 0 Å². The summed E-state index contributed by atoms with van der Waals surface area (Å²) in [5, 5.41) is 8.99. The Hall–Kier alpha value is -0.980. The summed E-state index contributed by atoms with van der Waals surface area (Å²) in [6.07, 6.45) is 3.80. The van der Waals surface area contributed by atoms with Gasteiger partial charge in [0.25, 0.3) is 10.1 Å². The number of rotatable bonds is 2. The Morgan fingerprint density at radius 2 is 1.67 bits per heavy atom. The lowest BCUT2D eigenvalue weighted by Gasteiger charge is -2.22. The van der Waals surface area contributed by atoms with E-state index >= 15 is 0 Å². The highest BCUT2D eigenvalue weighted by Crippen LogP contribution is 2.57. The molecule has 0 heterocycles. The van der Waals surface area contributed by atoms with E-state index in [1.54, 1.807) is 12.1 Å². The van der Waals surface area contributed by atoms with Crippen LogP contribution in [0.4, 0.5) is 4.39 Å². The molecule has 2 aliphatic rings. The molecule has 21 heavy (non-hydrogen) atoms. The van der Waals surface area contributed by atoms with Crippen LogP contribution in [0, 0.1) is 12.3 Å². The van der Waals surface area contributed by atoms with Gasteiger partial charge in [0.2, 0.25) is 0 Å². The van der Waals surface area contributed by atoms with Crippen LogP contribution in [0.1, 0.15) is 37.7 Å². The molecule has 3 rings (SSSR count). The van der Waals surface area contributed by atoms with E-state index in [1.807, 2.05) is 6.92 Å². The molecule has 0 spiro atoms. The van der Waals surface area contributed by atoms with Crippen molar-refractivity contribution in [1.82, 2.24) is 0 Å². The van der Waals surface area contributed by atoms with Crippen molar-refractivity contribution in [2.75, 3.05) is 6.61 Å². The van der Waals surface area contributed by atoms with Crippen molar-refractivity contribution in [3.05, 3.63) is 29.8 Å². The summed E-state index contributed by atoms with van der Waals surface area (Å²) in [6.45, 7) is 2.03. The summed E-state index contributed by atoms with van der Waals surface area (Å²) >= 11 is 0. The van der Waals surface area contributed by atoms with E-state index in [1.165, 1.54) is 12.1 Å². The first-order chi connectivity index (χ1) is 9.68. The number of aliphatic hydroxyl groups is 1. The molecule has 0 saturated heterocycles. The highest BCUT2D eigenvalue weighted by Gasteiger charge is 2.54. The second-order valence-electron chi connectivity index (χ2n) is 6.27. The van der Waals surface area contributed by atoms with E-state index in [-0.39, 0.29) is 16.9 Å². The minimum atomic E-state index is -4.02. The maximum atomic E-state index is 13.4. The summed E-state index contributed by atoms with van der Waals surface area (Å²) in [6, 6.07) is 5.99. The Morgan fingerprint density at radius 1 is 1.14 bits per heavy atom. The lowest BCUT2D eigenvalue weighted by molar-refractivity contribution is 0.133. The Balaban J connectivity index is 0.000000154. The fourth-order valence-corrected chi connectivity index (χ4v) is 3.66. The van der Waals surface area contributed by atoms with Gasteiger partial charge < -0.3 is 5.11 Å². The molecule has 2 aliphatic carbocycles. The zero-order valence-corrected chi connectivity index (χ0v) is 12.9. The van der Waals surface area contributed by atoms with E-state index in [4.69, 9.17) is 9.66 Å². The Morgan fingerprint density at radius 3 is 1.95 bits per heavy atom. The van der Waals surface area contributed by atoms with Crippen LogP contribution in [0.2, 0.25) is 0 Å². The van der Waals surface area contributed by atoms with Crippen LogP contribution in [0.15, 0.2) is 29.2 Å². The average Bonchev–Trinajstić information content (AvgIpc) is 2.93. The summed E-state index contributed by atoms with van der Waals surface area (Å²) in [5.74, 6) is 0. The van der Waals surface area contributed by atoms with E-state index < -0.39 is 15.8 Å². The molecule has 4 nitrogen and oxygen atoms in total. The second-order valence-corrected chi connectivity index (χ2v) is 7.70. The molecular formula is C15H21FO4S. The largest absolute Gasteiger partial charge is 0.396 e. The molecule has 2 bridgehead atoms. The molecule has 0 aromatic heterocycles. The molecule has 2 saturated carbocycles. The van der Waals surface area contributed by atoms with Crippen molar-refractivity contribution in [2.24, 2.45) is 5.41 Å². The number of fused-ring (bicyclic) bond motifs is 2. The van der Waals surface area contributed by atoms with Gasteiger partial charge in [-0.05, 0) is 56.6 Å². The molecule has 0 atom stereocenters. The number of halogens is 1. The van der Waals surface area contributed by atoms with Crippen LogP contribution >= 0.6 is 0 Å². The van der Waals surface area contributed by atoms with Crippen molar-refractivity contribution in [3.63, 3.8) is 0 Å². The lowest BCUT2D eigenvalue weighted by atomic mass is 9.85. The highest BCUT2D eigenvalue weighted by molar-refractivity contribution is 7.85. The van der Waals surface area contributed by atoms with Gasteiger partial charge in [-0.25, -0.2) is 4.39 Å². The number of hydrogen-bond donors (Lipinski definition) is 2. The van der Waals surface area contributed by atoms with Crippen LogP contribution in [-0.2, 0) is 10.1 Å². The van der Waals surface area contributed by atoms with Crippen LogP contribution in [0.5, 0.6) is 0 Å². The maximum absolute atomic E-state index is 13.4. The van der Waals surface area contributed by atoms with Gasteiger partial charge in [0.1, 0.15) is 5.67 Å². The smallest absolute Gasteiger partial charge is 0.294 e. The van der Waals surface area contributed by atoms with Gasteiger partial charge in [0.05, 0.1) is 4.90 Å². The van der Waals surface area contributed by atoms with Crippen molar-refractivity contribution in [1.29, 1.82) is 0 Å². The van der Waals surface area contributed by atoms with Crippen LogP contribution in [-0.4, -0.2) is 30.4 Å². The predicted octanol–water partition coefficient (Wildman–Crippen LogP) is 2.89. The first kappa shape index (κ1) is 16.4. The molecule has 2 fully saturated rings. The van der Waals surface area contributed by atoms with Crippen LogP contribution in [0.3, 0.4) is 0 Å². The SMILES string of the molecule is Cc1ccc(S(=O)(=O)O)cc1.OCC12CCC(F)(CC1)C2. The van der Waals surface area contributed by atoms with Crippen molar-refractivity contribution in [3.8, 4) is 0 Å². The van der Waals surface area contributed by atoms with Gasteiger partial charge in [-0.3, -0.25) is 4.55 Å². The van der Waals surface area contributed by atoms with Gasteiger partial charge in [-0.15, -0.1) is 0 Å². The predicted molar refractivity (Wildman–Crippen MR) is 77.4 cm³/mol. The molecule has 118 valence electrons. The highest BCUT2D eigenvalue weighted by atomic mass is 32.2. The van der Waals surface area contributed by atoms with Crippen molar-refractivity contribution in [2.45, 2.75) is 49.6 Å². The monoisotopic (exact) mass is 316 g/mol. The molecule has 2 N–H and O–H groups in total. The molecular weight excluding hydrogens is 295 g/mol. The lowest BCUT2D eigenvalue weighted by Crippen LogP contribution is -2.18. The molecule has 0 unspecified atom stereocenters. The van der Waals surface area contributed by atoms with E-state index in [0.717, 1.165) is 18.4 Å². The van der Waals surface area contributed by atoms with E-state index in [9.17, 15) is 12.8 Å². The maximum Gasteiger partial charge on any atom is 0.294 e. The minimum Gasteiger partial charge on any atom is -0.396 e. The average molecular weight is 316 g/mol. The number of benzene rings is 1. The summed E-state index contributed by atoms with van der Waals surface area (Å²) in [4.78, 5) is -0.0666. The van der Waals surface area contributed by atoms with Gasteiger partial charge in [-0.2, -0.15) is 8.42 Å².